The van der Waals surface area contributed by atoms with Crippen LogP contribution in [0.5, 0.6) is 5.88 Å². The number of halogens is 3. The van der Waals surface area contributed by atoms with Crippen LogP contribution >= 0.6 is 23.2 Å². The summed E-state index contributed by atoms with van der Waals surface area (Å²) in [5.74, 6) is -0.636. The molecule has 3 atom stereocenters. The second-order valence-electron chi connectivity index (χ2n) is 12.8. The van der Waals surface area contributed by atoms with E-state index in [0.717, 1.165) is 12.0 Å². The topological polar surface area (TPSA) is 162 Å². The molecule has 0 radical (unpaired) electrons. The van der Waals surface area contributed by atoms with Crippen molar-refractivity contribution in [1.29, 1.82) is 0 Å². The van der Waals surface area contributed by atoms with E-state index in [2.05, 4.69) is 31.2 Å². The van der Waals surface area contributed by atoms with Crippen LogP contribution in [0.25, 0.3) is 39.2 Å². The van der Waals surface area contributed by atoms with E-state index in [-0.39, 0.29) is 55.0 Å². The molecule has 1 saturated heterocycles. The van der Waals surface area contributed by atoms with Crippen LogP contribution in [0.15, 0.2) is 71.8 Å². The monoisotopic (exact) mass is 763 g/mol. The van der Waals surface area contributed by atoms with Crippen LogP contribution in [0.1, 0.15) is 30.4 Å². The average Bonchev–Trinajstić information content (AvgIpc) is 3.57. The first kappa shape index (κ1) is 38.3. The molecule has 6 N–H and O–H groups in total. The molecule has 12 nitrogen and oxygen atoms in total. The molecule has 278 valence electrons. The van der Waals surface area contributed by atoms with Gasteiger partial charge in [0, 0.05) is 85.5 Å². The van der Waals surface area contributed by atoms with Crippen molar-refractivity contribution in [3.63, 3.8) is 0 Å². The van der Waals surface area contributed by atoms with E-state index in [0.29, 0.717) is 62.2 Å². The highest BCUT2D eigenvalue weighted by molar-refractivity contribution is 6.39. The quantitative estimate of drug-likeness (QED) is 0.0963. The van der Waals surface area contributed by atoms with Gasteiger partial charge in [0.1, 0.15) is 17.7 Å². The summed E-state index contributed by atoms with van der Waals surface area (Å²) in [5, 5.41) is 32.2. The van der Waals surface area contributed by atoms with Crippen molar-refractivity contribution in [2.24, 2.45) is 0 Å². The Bertz CT molecular complexity index is 2190. The minimum Gasteiger partial charge on any atom is -0.481 e. The van der Waals surface area contributed by atoms with Gasteiger partial charge in [-0.3, -0.25) is 19.3 Å². The molecule has 1 aliphatic rings. The Balaban J connectivity index is 1.22. The third-order valence-electron chi connectivity index (χ3n) is 9.18. The number of carbonyl (C=O) groups excluding carboxylic acids is 1. The summed E-state index contributed by atoms with van der Waals surface area (Å²) in [6, 6.07) is 15.9. The largest absolute Gasteiger partial charge is 0.481 e. The number of aromatic nitrogens is 3. The number of pyridine rings is 2. The number of benzene rings is 2. The van der Waals surface area contributed by atoms with Gasteiger partial charge in [-0.05, 0) is 30.5 Å². The number of hydrogen-bond donors (Lipinski definition) is 6. The Morgan fingerprint density at radius 1 is 1.06 bits per heavy atom. The summed E-state index contributed by atoms with van der Waals surface area (Å²) in [6.07, 6.45) is 3.16. The molecule has 0 spiro atoms. The maximum Gasteiger partial charge on any atom is 0.262 e. The molecule has 1 fully saturated rings. The molecule has 5 aromatic rings. The zero-order valence-electron chi connectivity index (χ0n) is 29.1. The number of methoxy groups -OCH3 is 1. The zero-order chi connectivity index (χ0) is 37.6. The minimum atomic E-state index is -0.892. The molecule has 0 aliphatic carbocycles. The van der Waals surface area contributed by atoms with Crippen LogP contribution in [0, 0.1) is 5.82 Å². The fourth-order valence-electron chi connectivity index (χ4n) is 6.38. The van der Waals surface area contributed by atoms with Crippen LogP contribution in [0.4, 0.5) is 4.39 Å². The predicted octanol–water partition coefficient (Wildman–Crippen LogP) is 4.29. The maximum atomic E-state index is 15.6. The third-order valence-corrected chi connectivity index (χ3v) is 10.00. The minimum absolute atomic E-state index is 0.0475. The van der Waals surface area contributed by atoms with E-state index in [9.17, 15) is 19.8 Å². The Labute approximate surface area is 315 Å². The standard InChI is InChI=1S/C38H40Cl2FN7O5/c1-42-34(51)14-24(49)19-43-16-22-17-45-32-13-21(11-12-48(32)38(22)52)25-5-3-6-26(35(25)39)27-7-4-8-28(36(27)40)31-15-30(41)29(37(47-31)53-2)20-44-18-23-9-10-33(50)46-23/h3-8,11-13,15,17,23-24,33,43-44,46,49-50H,9-10,14,16,18-20H2,1-2H3,(H,42,51)/t23-,24-,33?/m0/s1. The molecule has 0 saturated carbocycles. The molecule has 15 heteroatoms. The number of hydrogen-bond acceptors (Lipinski definition) is 10. The summed E-state index contributed by atoms with van der Waals surface area (Å²) < 4.78 is 22.5. The van der Waals surface area contributed by atoms with Crippen LogP contribution in [-0.2, 0) is 17.9 Å². The molecule has 1 unspecified atom stereocenters. The number of ether oxygens (including phenoxy) is 1. The lowest BCUT2D eigenvalue weighted by Crippen LogP contribution is -2.37. The Hall–Kier alpha value is -4.47. The van der Waals surface area contributed by atoms with E-state index in [1.54, 1.807) is 30.5 Å². The fraction of sp³-hybridized carbons (Fsp3) is 0.316. The average molecular weight is 765 g/mol. The Kier molecular flexibility index (Phi) is 12.4. The molecule has 4 heterocycles. The molecule has 53 heavy (non-hydrogen) atoms. The fourth-order valence-corrected chi connectivity index (χ4v) is 7.04. The van der Waals surface area contributed by atoms with Gasteiger partial charge in [0.25, 0.3) is 5.56 Å². The second-order valence-corrected chi connectivity index (χ2v) is 13.5. The van der Waals surface area contributed by atoms with E-state index in [1.165, 1.54) is 30.8 Å². The van der Waals surface area contributed by atoms with Gasteiger partial charge in [-0.2, -0.15) is 0 Å². The Morgan fingerprint density at radius 2 is 1.77 bits per heavy atom. The second kappa shape index (κ2) is 17.1. The smallest absolute Gasteiger partial charge is 0.262 e. The predicted molar refractivity (Wildman–Crippen MR) is 202 cm³/mol. The SMILES string of the molecule is CNC(=O)C[C@H](O)CNCc1cnc2cc(-c3cccc(-c4cccc(-c5cc(F)c(CNC[C@@H]6CCC(O)N6)c(OC)n5)c4Cl)c3Cl)ccn2c1=O. The number of aliphatic hydroxyl groups excluding tert-OH is 2. The van der Waals surface area contributed by atoms with Crippen molar-refractivity contribution in [3.8, 4) is 39.4 Å². The van der Waals surface area contributed by atoms with E-state index < -0.39 is 18.1 Å². The van der Waals surface area contributed by atoms with Crippen LogP contribution in [-0.4, -0.2) is 76.1 Å². The highest BCUT2D eigenvalue weighted by atomic mass is 35.5. The number of carbonyl (C=O) groups is 1. The molecular weight excluding hydrogens is 724 g/mol. The van der Waals surface area contributed by atoms with Crippen molar-refractivity contribution >= 4 is 34.8 Å². The molecule has 1 amide bonds. The number of nitrogens with zero attached hydrogens (tertiary/aromatic N) is 3. The number of rotatable bonds is 14. The summed E-state index contributed by atoms with van der Waals surface area (Å²) in [7, 11) is 2.94. The summed E-state index contributed by atoms with van der Waals surface area (Å²) in [5.41, 5.74) is 4.26. The molecule has 2 aromatic carbocycles. The van der Waals surface area contributed by atoms with Gasteiger partial charge < -0.3 is 30.9 Å². The normalized spacial score (nSPS) is 16.2. The van der Waals surface area contributed by atoms with Crippen molar-refractivity contribution in [2.45, 2.75) is 50.7 Å². The van der Waals surface area contributed by atoms with Gasteiger partial charge in [0.05, 0.1) is 40.9 Å². The lowest BCUT2D eigenvalue weighted by molar-refractivity contribution is -0.122. The molecular formula is C38H40Cl2FN7O5. The molecule has 1 aliphatic heterocycles. The van der Waals surface area contributed by atoms with E-state index in [1.807, 2.05) is 24.3 Å². The van der Waals surface area contributed by atoms with Gasteiger partial charge in [-0.15, -0.1) is 0 Å². The van der Waals surface area contributed by atoms with Crippen molar-refractivity contribution < 1.29 is 24.1 Å². The number of aliphatic hydroxyl groups is 2. The van der Waals surface area contributed by atoms with E-state index in [4.69, 9.17) is 27.9 Å². The lowest BCUT2D eigenvalue weighted by atomic mass is 9.97. The van der Waals surface area contributed by atoms with Crippen molar-refractivity contribution in [2.75, 3.05) is 27.2 Å². The summed E-state index contributed by atoms with van der Waals surface area (Å²) in [4.78, 5) is 33.8. The summed E-state index contributed by atoms with van der Waals surface area (Å²) >= 11 is 14.1. The van der Waals surface area contributed by atoms with Gasteiger partial charge >= 0.3 is 0 Å². The first-order chi connectivity index (χ1) is 25.6. The summed E-state index contributed by atoms with van der Waals surface area (Å²) in [6.45, 7) is 1.04. The van der Waals surface area contributed by atoms with Crippen molar-refractivity contribution in [3.05, 3.63) is 104 Å². The highest BCUT2D eigenvalue weighted by Crippen LogP contribution is 2.42. The Morgan fingerprint density at radius 3 is 2.47 bits per heavy atom. The first-order valence-electron chi connectivity index (χ1n) is 17.1. The van der Waals surface area contributed by atoms with Crippen molar-refractivity contribution in [1.82, 2.24) is 35.6 Å². The van der Waals surface area contributed by atoms with Gasteiger partial charge in [-0.25, -0.2) is 14.4 Å². The highest BCUT2D eigenvalue weighted by Gasteiger charge is 2.23. The molecule has 6 rings (SSSR count). The lowest BCUT2D eigenvalue weighted by Gasteiger charge is -2.16. The van der Waals surface area contributed by atoms with Gasteiger partial charge in [-0.1, -0.05) is 59.6 Å². The third kappa shape index (κ3) is 8.68. The van der Waals surface area contributed by atoms with Gasteiger partial charge in [0.15, 0.2) is 0 Å². The van der Waals surface area contributed by atoms with Crippen LogP contribution < -0.4 is 31.6 Å². The number of amides is 1. The molecule has 0 bridgehead atoms. The first-order valence-corrected chi connectivity index (χ1v) is 17.9. The zero-order valence-corrected chi connectivity index (χ0v) is 30.6. The van der Waals surface area contributed by atoms with E-state index >= 15 is 4.39 Å². The van der Waals surface area contributed by atoms with Crippen LogP contribution in [0.3, 0.4) is 0 Å². The molecule has 3 aromatic heterocycles. The maximum absolute atomic E-state index is 15.6. The van der Waals surface area contributed by atoms with Crippen LogP contribution in [0.2, 0.25) is 10.0 Å². The van der Waals surface area contributed by atoms with Gasteiger partial charge in [0.2, 0.25) is 11.8 Å². The number of fused-ring (bicyclic) bond motifs is 1. The number of nitrogens with one attached hydrogen (secondary N) is 4.